The summed E-state index contributed by atoms with van der Waals surface area (Å²) >= 11 is 1.58. The fourth-order valence-electron chi connectivity index (χ4n) is 2.09. The van der Waals surface area contributed by atoms with E-state index in [-0.39, 0.29) is 6.04 Å². The molecule has 1 atom stereocenters. The molecule has 0 aliphatic carbocycles. The highest BCUT2D eigenvalue weighted by Gasteiger charge is 2.24. The number of nitrogens with zero attached hydrogens (tertiary/aromatic N) is 1. The van der Waals surface area contributed by atoms with Crippen LogP contribution in [0.5, 0.6) is 17.2 Å². The quantitative estimate of drug-likeness (QED) is 0.887. The molecule has 0 bridgehead atoms. The van der Waals surface area contributed by atoms with Crippen molar-refractivity contribution >= 4 is 11.3 Å². The lowest BCUT2D eigenvalue weighted by molar-refractivity contribution is 0.364. The fourth-order valence-corrected chi connectivity index (χ4v) is 2.84. The summed E-state index contributed by atoms with van der Waals surface area (Å²) in [5, 5.41) is 6.15. The summed E-state index contributed by atoms with van der Waals surface area (Å²) in [4.78, 5) is 4.37. The van der Waals surface area contributed by atoms with Gasteiger partial charge in [0.1, 0.15) is 22.3 Å². The van der Waals surface area contributed by atoms with E-state index in [0.29, 0.717) is 17.2 Å². The van der Waals surface area contributed by atoms with E-state index in [2.05, 4.69) is 10.3 Å². The van der Waals surface area contributed by atoms with E-state index in [1.54, 1.807) is 38.9 Å². The molecule has 0 radical (unpaired) electrons. The van der Waals surface area contributed by atoms with Gasteiger partial charge in [0.15, 0.2) is 0 Å². The van der Waals surface area contributed by atoms with E-state index in [4.69, 9.17) is 14.2 Å². The van der Waals surface area contributed by atoms with Crippen molar-refractivity contribution < 1.29 is 14.2 Å². The van der Waals surface area contributed by atoms with E-state index >= 15 is 0 Å². The summed E-state index contributed by atoms with van der Waals surface area (Å²) in [5.74, 6) is 2.10. The maximum absolute atomic E-state index is 5.49. The zero-order chi connectivity index (χ0) is 14.5. The summed E-state index contributed by atoms with van der Waals surface area (Å²) in [7, 11) is 6.76. The molecule has 1 N–H and O–H groups in total. The molecule has 2 aromatic rings. The Hall–Kier alpha value is -1.79. The Labute approximate surface area is 122 Å². The van der Waals surface area contributed by atoms with Gasteiger partial charge < -0.3 is 19.5 Å². The zero-order valence-corrected chi connectivity index (χ0v) is 12.8. The molecule has 0 fully saturated rings. The number of benzene rings is 1. The number of aromatic nitrogens is 1. The van der Waals surface area contributed by atoms with E-state index in [9.17, 15) is 0 Å². The fraction of sp³-hybridized carbons (Fsp3) is 0.357. The third-order valence-corrected chi connectivity index (χ3v) is 3.87. The van der Waals surface area contributed by atoms with Crippen LogP contribution >= 0.6 is 11.3 Å². The lowest BCUT2D eigenvalue weighted by Crippen LogP contribution is -2.19. The summed E-state index contributed by atoms with van der Waals surface area (Å²) in [6.45, 7) is 0. The Kier molecular flexibility index (Phi) is 4.81. The first-order valence-electron chi connectivity index (χ1n) is 6.11. The molecule has 0 aliphatic rings. The van der Waals surface area contributed by atoms with Gasteiger partial charge in [-0.15, -0.1) is 11.3 Å². The smallest absolute Gasteiger partial charge is 0.131 e. The molecular formula is C14H18N2O3S. The van der Waals surface area contributed by atoms with Gasteiger partial charge in [-0.2, -0.15) is 0 Å². The van der Waals surface area contributed by atoms with Crippen LogP contribution in [-0.4, -0.2) is 33.4 Å². The minimum atomic E-state index is -0.0918. The van der Waals surface area contributed by atoms with Gasteiger partial charge in [-0.1, -0.05) is 0 Å². The number of hydrogen-bond donors (Lipinski definition) is 1. The Morgan fingerprint density at radius 1 is 1.10 bits per heavy atom. The first-order valence-corrected chi connectivity index (χ1v) is 6.99. The van der Waals surface area contributed by atoms with Crippen molar-refractivity contribution in [2.24, 2.45) is 0 Å². The molecule has 108 valence electrons. The SMILES string of the molecule is CNC(c1nccs1)c1c(OC)cc(OC)cc1OC. The van der Waals surface area contributed by atoms with Gasteiger partial charge in [-0.3, -0.25) is 0 Å². The molecule has 1 heterocycles. The molecule has 1 unspecified atom stereocenters. The molecule has 5 nitrogen and oxygen atoms in total. The number of rotatable bonds is 6. The largest absolute Gasteiger partial charge is 0.496 e. The normalized spacial score (nSPS) is 12.0. The van der Waals surface area contributed by atoms with Crippen molar-refractivity contribution in [3.8, 4) is 17.2 Å². The average Bonchev–Trinajstić information content (AvgIpc) is 3.01. The predicted octanol–water partition coefficient (Wildman–Crippen LogP) is 2.48. The molecule has 0 aliphatic heterocycles. The van der Waals surface area contributed by atoms with Crippen molar-refractivity contribution in [3.63, 3.8) is 0 Å². The Morgan fingerprint density at radius 3 is 2.15 bits per heavy atom. The summed E-state index contributed by atoms with van der Waals surface area (Å²) < 4.78 is 16.2. The highest BCUT2D eigenvalue weighted by molar-refractivity contribution is 7.09. The third-order valence-electron chi connectivity index (χ3n) is 3.03. The second-order valence-electron chi connectivity index (χ2n) is 4.04. The van der Waals surface area contributed by atoms with Crippen LogP contribution < -0.4 is 19.5 Å². The minimum Gasteiger partial charge on any atom is -0.496 e. The minimum absolute atomic E-state index is 0.0918. The lowest BCUT2D eigenvalue weighted by atomic mass is 10.0. The van der Waals surface area contributed by atoms with Crippen LogP contribution in [0, 0.1) is 0 Å². The van der Waals surface area contributed by atoms with Crippen molar-refractivity contribution in [1.82, 2.24) is 10.3 Å². The van der Waals surface area contributed by atoms with E-state index in [0.717, 1.165) is 10.6 Å². The van der Waals surface area contributed by atoms with Gasteiger partial charge in [0.2, 0.25) is 0 Å². The van der Waals surface area contributed by atoms with Crippen LogP contribution in [0.15, 0.2) is 23.7 Å². The topological polar surface area (TPSA) is 52.6 Å². The molecule has 20 heavy (non-hydrogen) atoms. The molecule has 0 amide bonds. The van der Waals surface area contributed by atoms with Crippen molar-refractivity contribution in [2.45, 2.75) is 6.04 Å². The van der Waals surface area contributed by atoms with E-state index in [1.807, 2.05) is 24.6 Å². The van der Waals surface area contributed by atoms with Crippen LogP contribution in [0.25, 0.3) is 0 Å². The van der Waals surface area contributed by atoms with E-state index in [1.165, 1.54) is 0 Å². The average molecular weight is 294 g/mol. The van der Waals surface area contributed by atoms with Gasteiger partial charge >= 0.3 is 0 Å². The number of nitrogens with one attached hydrogen (secondary N) is 1. The Morgan fingerprint density at radius 2 is 1.75 bits per heavy atom. The van der Waals surface area contributed by atoms with Crippen LogP contribution in [0.2, 0.25) is 0 Å². The lowest BCUT2D eigenvalue weighted by Gasteiger charge is -2.21. The highest BCUT2D eigenvalue weighted by atomic mass is 32.1. The molecule has 6 heteroatoms. The second-order valence-corrected chi connectivity index (χ2v) is 4.96. The summed E-state index contributed by atoms with van der Waals surface area (Å²) in [5.41, 5.74) is 0.910. The standard InChI is InChI=1S/C14H18N2O3S/c1-15-13(14-16-5-6-20-14)12-10(18-3)7-9(17-2)8-11(12)19-4/h5-8,13,15H,1-4H3. The maximum atomic E-state index is 5.49. The second kappa shape index (κ2) is 6.58. The van der Waals surface area contributed by atoms with Crippen LogP contribution in [-0.2, 0) is 0 Å². The molecule has 0 saturated carbocycles. The molecule has 1 aromatic heterocycles. The molecule has 0 spiro atoms. The van der Waals surface area contributed by atoms with Crippen LogP contribution in [0.3, 0.4) is 0 Å². The number of thiazole rings is 1. The molecular weight excluding hydrogens is 276 g/mol. The van der Waals surface area contributed by atoms with Crippen LogP contribution in [0.1, 0.15) is 16.6 Å². The van der Waals surface area contributed by atoms with Crippen LogP contribution in [0.4, 0.5) is 0 Å². The monoisotopic (exact) mass is 294 g/mol. The maximum Gasteiger partial charge on any atom is 0.131 e. The highest BCUT2D eigenvalue weighted by Crippen LogP contribution is 2.40. The zero-order valence-electron chi connectivity index (χ0n) is 12.0. The number of methoxy groups -OCH3 is 3. The van der Waals surface area contributed by atoms with Crippen molar-refractivity contribution in [3.05, 3.63) is 34.3 Å². The van der Waals surface area contributed by atoms with Gasteiger partial charge in [-0.05, 0) is 7.05 Å². The molecule has 2 rings (SSSR count). The number of ether oxygens (including phenoxy) is 3. The molecule has 0 saturated heterocycles. The Bertz CT molecular complexity index is 533. The van der Waals surface area contributed by atoms with E-state index < -0.39 is 0 Å². The predicted molar refractivity (Wildman–Crippen MR) is 79.1 cm³/mol. The van der Waals surface area contributed by atoms with Gasteiger partial charge in [-0.25, -0.2) is 4.98 Å². The third kappa shape index (κ3) is 2.71. The van der Waals surface area contributed by atoms with Crippen molar-refractivity contribution in [1.29, 1.82) is 0 Å². The van der Waals surface area contributed by atoms with Gasteiger partial charge in [0, 0.05) is 23.7 Å². The first-order chi connectivity index (χ1) is 9.74. The Balaban J connectivity index is 2.58. The summed E-state index contributed by atoms with van der Waals surface area (Å²) in [6.07, 6.45) is 1.78. The molecule has 1 aromatic carbocycles. The van der Waals surface area contributed by atoms with Gasteiger partial charge in [0.25, 0.3) is 0 Å². The van der Waals surface area contributed by atoms with Crippen molar-refractivity contribution in [2.75, 3.05) is 28.4 Å². The summed E-state index contributed by atoms with van der Waals surface area (Å²) in [6, 6.07) is 3.59. The first kappa shape index (κ1) is 14.6. The number of hydrogen-bond acceptors (Lipinski definition) is 6. The van der Waals surface area contributed by atoms with Gasteiger partial charge in [0.05, 0.1) is 32.9 Å².